The average Bonchev–Trinajstić information content (AvgIpc) is 2.37. The van der Waals surface area contributed by atoms with E-state index < -0.39 is 34.7 Å². The van der Waals surface area contributed by atoms with Crippen molar-refractivity contribution in [3.05, 3.63) is 39.9 Å². The Hall–Kier alpha value is -2.03. The lowest BCUT2D eigenvalue weighted by Crippen LogP contribution is -2.50. The highest BCUT2D eigenvalue weighted by molar-refractivity contribution is 5.74. The van der Waals surface area contributed by atoms with Crippen molar-refractivity contribution in [2.24, 2.45) is 11.7 Å². The number of non-ortho nitro benzene ring substituents is 1. The molecule has 0 aliphatic rings. The van der Waals surface area contributed by atoms with Crippen LogP contribution >= 0.6 is 0 Å². The van der Waals surface area contributed by atoms with Crippen LogP contribution in [0.5, 0.6) is 0 Å². The molecule has 0 amide bonds. The molecule has 0 fully saturated rings. The van der Waals surface area contributed by atoms with Gasteiger partial charge in [0.1, 0.15) is 11.5 Å². The molecule has 1 rings (SSSR count). The summed E-state index contributed by atoms with van der Waals surface area (Å²) >= 11 is 0. The first kappa shape index (κ1) is 18.0. The minimum atomic E-state index is -2.22. The van der Waals surface area contributed by atoms with Gasteiger partial charge in [-0.05, 0) is 38.5 Å². The van der Waals surface area contributed by atoms with Crippen LogP contribution in [0.4, 0.5) is 5.69 Å². The molecule has 1 aromatic rings. The van der Waals surface area contributed by atoms with E-state index in [1.807, 2.05) is 0 Å². The average molecular weight is 312 g/mol. The number of benzene rings is 1. The van der Waals surface area contributed by atoms with Gasteiger partial charge >= 0.3 is 5.97 Å². The summed E-state index contributed by atoms with van der Waals surface area (Å²) in [6.45, 7) is 4.18. The Kier molecular flexibility index (Phi) is 5.23. The maximum atomic E-state index is 12.1. The van der Waals surface area contributed by atoms with E-state index in [2.05, 4.69) is 0 Å². The smallest absolute Gasteiger partial charge is 0.316 e. The Balaban J connectivity index is 3.07. The number of nitrogens with two attached hydrogens (primary N) is 1. The topological polar surface area (TPSA) is 136 Å². The lowest BCUT2D eigenvalue weighted by Gasteiger charge is -2.32. The highest BCUT2D eigenvalue weighted by Gasteiger charge is 2.42. The molecule has 0 unspecified atom stereocenters. The maximum Gasteiger partial charge on any atom is 0.316 e. The fraction of sp³-hybridized carbons (Fsp3) is 0.500. The van der Waals surface area contributed by atoms with E-state index in [-0.39, 0.29) is 11.3 Å². The fourth-order valence-electron chi connectivity index (χ4n) is 1.82. The zero-order valence-electron chi connectivity index (χ0n) is 12.6. The van der Waals surface area contributed by atoms with E-state index in [0.717, 1.165) is 12.1 Å². The van der Waals surface area contributed by atoms with Gasteiger partial charge in [0.2, 0.25) is 0 Å². The molecule has 0 aliphatic carbocycles. The Bertz CT molecular complexity index is 547. The van der Waals surface area contributed by atoms with Crippen LogP contribution in [0.15, 0.2) is 24.3 Å². The minimum Gasteiger partial charge on any atom is -0.460 e. The molecular weight excluding hydrogens is 292 g/mol. The standard InChI is InChI=1S/C14H20N2O6/c1-13(2,3)22-12(18)11(8-17)14(15,19)9-4-6-10(7-5-9)16(20)21/h4-7,11,17,19H,8,15H2,1-3H3/t11-,14-/m1/s1. The summed E-state index contributed by atoms with van der Waals surface area (Å²) in [7, 11) is 0. The molecule has 8 heteroatoms. The number of aliphatic hydroxyl groups excluding tert-OH is 1. The van der Waals surface area contributed by atoms with Crippen LogP contribution in [0.2, 0.25) is 0 Å². The van der Waals surface area contributed by atoms with Crippen molar-refractivity contribution in [1.82, 2.24) is 0 Å². The predicted molar refractivity (Wildman–Crippen MR) is 77.6 cm³/mol. The molecule has 0 saturated heterocycles. The van der Waals surface area contributed by atoms with Crippen molar-refractivity contribution in [3.63, 3.8) is 0 Å². The highest BCUT2D eigenvalue weighted by atomic mass is 16.6. The molecule has 4 N–H and O–H groups in total. The molecule has 0 saturated carbocycles. The van der Waals surface area contributed by atoms with Gasteiger partial charge in [-0.3, -0.25) is 20.6 Å². The van der Waals surface area contributed by atoms with E-state index in [0.29, 0.717) is 0 Å². The Morgan fingerprint density at radius 2 is 1.86 bits per heavy atom. The highest BCUT2D eigenvalue weighted by Crippen LogP contribution is 2.28. The van der Waals surface area contributed by atoms with Crippen molar-refractivity contribution in [1.29, 1.82) is 0 Å². The summed E-state index contributed by atoms with van der Waals surface area (Å²) in [5.74, 6) is -2.29. The lowest BCUT2D eigenvalue weighted by molar-refractivity contribution is -0.384. The summed E-state index contributed by atoms with van der Waals surface area (Å²) in [5.41, 5.74) is 2.61. The van der Waals surface area contributed by atoms with Gasteiger partial charge in [0.25, 0.3) is 5.69 Å². The van der Waals surface area contributed by atoms with E-state index in [1.165, 1.54) is 12.1 Å². The number of aliphatic hydroxyl groups is 2. The number of esters is 1. The summed E-state index contributed by atoms with van der Waals surface area (Å²) in [4.78, 5) is 22.1. The SMILES string of the molecule is CC(C)(C)OC(=O)[C@@H](CO)[C@](N)(O)c1ccc([N+](=O)[O-])cc1. The number of carbonyl (C=O) groups is 1. The Morgan fingerprint density at radius 1 is 1.36 bits per heavy atom. The van der Waals surface area contributed by atoms with Crippen molar-refractivity contribution < 1.29 is 24.7 Å². The summed E-state index contributed by atoms with van der Waals surface area (Å²) in [6, 6.07) is 4.75. The predicted octanol–water partition coefficient (Wildman–Crippen LogP) is 0.649. The van der Waals surface area contributed by atoms with Crippen LogP contribution in [0.1, 0.15) is 26.3 Å². The fourth-order valence-corrected chi connectivity index (χ4v) is 1.82. The largest absolute Gasteiger partial charge is 0.460 e. The number of hydrogen-bond acceptors (Lipinski definition) is 7. The van der Waals surface area contributed by atoms with E-state index in [9.17, 15) is 25.1 Å². The molecule has 0 aliphatic heterocycles. The quantitative estimate of drug-likeness (QED) is 0.314. The van der Waals surface area contributed by atoms with Crippen molar-refractivity contribution in [3.8, 4) is 0 Å². The van der Waals surface area contributed by atoms with E-state index in [4.69, 9.17) is 10.5 Å². The zero-order valence-corrected chi connectivity index (χ0v) is 12.6. The van der Waals surface area contributed by atoms with Gasteiger partial charge in [-0.25, -0.2) is 0 Å². The van der Waals surface area contributed by atoms with Gasteiger partial charge in [0.15, 0.2) is 5.72 Å². The van der Waals surface area contributed by atoms with Crippen LogP contribution in [0, 0.1) is 16.0 Å². The molecule has 0 radical (unpaired) electrons. The second-order valence-corrected chi connectivity index (χ2v) is 5.90. The van der Waals surface area contributed by atoms with Crippen LogP contribution in [0.25, 0.3) is 0 Å². The molecule has 0 bridgehead atoms. The molecule has 0 aromatic heterocycles. The molecule has 2 atom stereocenters. The first-order chi connectivity index (χ1) is 9.99. The Morgan fingerprint density at radius 3 is 2.23 bits per heavy atom. The van der Waals surface area contributed by atoms with Crippen LogP contribution < -0.4 is 5.73 Å². The van der Waals surface area contributed by atoms with Crippen molar-refractivity contribution in [2.75, 3.05) is 6.61 Å². The zero-order chi connectivity index (χ0) is 17.1. The monoisotopic (exact) mass is 312 g/mol. The van der Waals surface area contributed by atoms with Gasteiger partial charge in [-0.2, -0.15) is 0 Å². The van der Waals surface area contributed by atoms with Gasteiger partial charge in [-0.15, -0.1) is 0 Å². The van der Waals surface area contributed by atoms with Crippen molar-refractivity contribution in [2.45, 2.75) is 32.1 Å². The first-order valence-electron chi connectivity index (χ1n) is 6.59. The van der Waals surface area contributed by atoms with Crippen molar-refractivity contribution >= 4 is 11.7 Å². The van der Waals surface area contributed by atoms with Crippen LogP contribution in [-0.2, 0) is 15.3 Å². The summed E-state index contributed by atoms with van der Waals surface area (Å²) < 4.78 is 5.11. The lowest BCUT2D eigenvalue weighted by atomic mass is 9.89. The number of nitro benzene ring substituents is 1. The molecule has 22 heavy (non-hydrogen) atoms. The number of hydrogen-bond donors (Lipinski definition) is 3. The second kappa shape index (κ2) is 6.39. The molecule has 0 heterocycles. The van der Waals surface area contributed by atoms with Gasteiger partial charge in [-0.1, -0.05) is 0 Å². The number of ether oxygens (including phenoxy) is 1. The van der Waals surface area contributed by atoms with Gasteiger partial charge < -0.3 is 14.9 Å². The second-order valence-electron chi connectivity index (χ2n) is 5.90. The normalized spacial score (nSPS) is 15.7. The third-order valence-corrected chi connectivity index (χ3v) is 2.95. The third kappa shape index (κ3) is 4.23. The number of nitro groups is 1. The van der Waals surface area contributed by atoms with E-state index in [1.54, 1.807) is 20.8 Å². The van der Waals surface area contributed by atoms with Crippen LogP contribution in [-0.4, -0.2) is 33.3 Å². The molecule has 1 aromatic carbocycles. The first-order valence-corrected chi connectivity index (χ1v) is 6.59. The minimum absolute atomic E-state index is 0.0583. The summed E-state index contributed by atoms with van der Waals surface area (Å²) in [5, 5.41) is 30.4. The summed E-state index contributed by atoms with van der Waals surface area (Å²) in [6.07, 6.45) is 0. The molecule has 0 spiro atoms. The number of nitrogens with zero attached hydrogens (tertiary/aromatic N) is 1. The van der Waals surface area contributed by atoms with Gasteiger partial charge in [0.05, 0.1) is 11.5 Å². The molecule has 122 valence electrons. The molecule has 8 nitrogen and oxygen atoms in total. The maximum absolute atomic E-state index is 12.1. The van der Waals surface area contributed by atoms with Crippen LogP contribution in [0.3, 0.4) is 0 Å². The number of carbonyl (C=O) groups excluding carboxylic acids is 1. The molecular formula is C14H20N2O6. The van der Waals surface area contributed by atoms with Gasteiger partial charge in [0, 0.05) is 12.1 Å². The number of rotatable bonds is 5. The van der Waals surface area contributed by atoms with E-state index >= 15 is 0 Å². The third-order valence-electron chi connectivity index (χ3n) is 2.95. The Labute approximate surface area is 127 Å².